The van der Waals surface area contributed by atoms with E-state index < -0.39 is 0 Å². The summed E-state index contributed by atoms with van der Waals surface area (Å²) in [6.07, 6.45) is 1.19. The van der Waals surface area contributed by atoms with Crippen LogP contribution in [0, 0.1) is 5.92 Å². The number of hydrogen-bond acceptors (Lipinski definition) is 5. The number of thioether (sulfide) groups is 1. The number of hydrogen-bond donors (Lipinski definition) is 2. The normalized spacial score (nSPS) is 25.1. The van der Waals surface area contributed by atoms with Crippen LogP contribution < -0.4 is 10.9 Å². The fraction of sp³-hybridized carbons (Fsp3) is 0.348. The van der Waals surface area contributed by atoms with E-state index in [-0.39, 0.29) is 0 Å². The van der Waals surface area contributed by atoms with Crippen molar-refractivity contribution >= 4 is 22.7 Å². The van der Waals surface area contributed by atoms with Crippen molar-refractivity contribution in [3.8, 4) is 0 Å². The van der Waals surface area contributed by atoms with Gasteiger partial charge in [-0.25, -0.2) is 0 Å². The smallest absolute Gasteiger partial charge is 0.0705 e. The summed E-state index contributed by atoms with van der Waals surface area (Å²) in [5, 5.41) is 1.21. The summed E-state index contributed by atoms with van der Waals surface area (Å²) in [5.74, 6) is 1.74. The van der Waals surface area contributed by atoms with Crippen LogP contribution in [0.25, 0.3) is 10.9 Å². The van der Waals surface area contributed by atoms with E-state index in [0.717, 1.165) is 30.9 Å². The molecular formula is C23H26N4S. The van der Waals surface area contributed by atoms with Gasteiger partial charge in [-0.15, -0.1) is 11.8 Å². The Balaban J connectivity index is 1.23. The highest BCUT2D eigenvalue weighted by atomic mass is 32.2. The fourth-order valence-corrected chi connectivity index (χ4v) is 5.45. The van der Waals surface area contributed by atoms with Gasteiger partial charge in [-0.2, -0.15) is 0 Å². The molecule has 144 valence electrons. The molecule has 2 aromatic carbocycles. The van der Waals surface area contributed by atoms with E-state index in [9.17, 15) is 0 Å². The Labute approximate surface area is 170 Å². The molecule has 2 aliphatic heterocycles. The Morgan fingerprint density at radius 2 is 1.82 bits per heavy atom. The zero-order valence-electron chi connectivity index (χ0n) is 15.9. The lowest BCUT2D eigenvalue weighted by Gasteiger charge is -2.35. The number of pyridine rings is 1. The van der Waals surface area contributed by atoms with Gasteiger partial charge in [-0.1, -0.05) is 42.5 Å². The number of nitrogens with zero attached hydrogens (tertiary/aromatic N) is 2. The predicted octanol–water partition coefficient (Wildman–Crippen LogP) is 3.69. The zero-order valence-corrected chi connectivity index (χ0v) is 16.7. The number of para-hydroxylation sites is 1. The van der Waals surface area contributed by atoms with E-state index >= 15 is 0 Å². The largest absolute Gasteiger partial charge is 0.297 e. The van der Waals surface area contributed by atoms with E-state index in [1.807, 2.05) is 11.8 Å². The molecular weight excluding hydrogens is 364 g/mol. The summed E-state index contributed by atoms with van der Waals surface area (Å²) >= 11 is 1.95. The molecule has 3 heterocycles. The second-order valence-electron chi connectivity index (χ2n) is 7.81. The van der Waals surface area contributed by atoms with Crippen molar-refractivity contribution in [2.45, 2.75) is 29.9 Å². The summed E-state index contributed by atoms with van der Waals surface area (Å²) < 4.78 is 0. The highest BCUT2D eigenvalue weighted by molar-refractivity contribution is 7.99. The van der Waals surface area contributed by atoms with Gasteiger partial charge < -0.3 is 0 Å². The topological polar surface area (TPSA) is 40.2 Å². The van der Waals surface area contributed by atoms with Crippen molar-refractivity contribution in [2.75, 3.05) is 18.8 Å². The van der Waals surface area contributed by atoms with E-state index in [4.69, 9.17) is 4.98 Å². The summed E-state index contributed by atoms with van der Waals surface area (Å²) in [7, 11) is 0. The average molecular weight is 391 g/mol. The maximum atomic E-state index is 4.87. The lowest BCUT2D eigenvalue weighted by atomic mass is 9.89. The molecule has 4 nitrogen and oxygen atoms in total. The SMILES string of the molecule is c1ccc(SCC2NNC3CCN(Cc4ccc5ccccc5n4)CC32)cc1. The number of rotatable bonds is 5. The molecule has 0 radical (unpaired) electrons. The van der Waals surface area contributed by atoms with Crippen molar-refractivity contribution in [1.29, 1.82) is 0 Å². The van der Waals surface area contributed by atoms with Gasteiger partial charge in [0.25, 0.3) is 0 Å². The number of hydrazine groups is 1. The van der Waals surface area contributed by atoms with Crippen LogP contribution in [0.3, 0.4) is 0 Å². The van der Waals surface area contributed by atoms with Gasteiger partial charge in [0.2, 0.25) is 0 Å². The Morgan fingerprint density at radius 3 is 2.75 bits per heavy atom. The van der Waals surface area contributed by atoms with Gasteiger partial charge in [0.05, 0.1) is 11.2 Å². The van der Waals surface area contributed by atoms with Crippen LogP contribution in [0.4, 0.5) is 0 Å². The average Bonchev–Trinajstić information content (AvgIpc) is 3.15. The van der Waals surface area contributed by atoms with E-state index in [1.165, 1.54) is 22.4 Å². The summed E-state index contributed by atoms with van der Waals surface area (Å²) in [6, 6.07) is 24.5. The molecule has 3 aromatic rings. The Bertz CT molecular complexity index is 932. The third-order valence-electron chi connectivity index (χ3n) is 5.93. The molecule has 0 amide bonds. The standard InChI is InChI=1S/C23H26N4S/c1-2-7-19(8-3-1)28-16-23-20-15-27(13-12-22(20)25-26-23)14-18-11-10-17-6-4-5-9-21(17)24-18/h1-11,20,22-23,25-26H,12-16H2. The van der Waals surface area contributed by atoms with Gasteiger partial charge >= 0.3 is 0 Å². The number of piperidine rings is 1. The minimum atomic E-state index is 0.502. The van der Waals surface area contributed by atoms with Gasteiger partial charge in [-0.3, -0.25) is 20.7 Å². The second-order valence-corrected chi connectivity index (χ2v) is 8.90. The summed E-state index contributed by atoms with van der Waals surface area (Å²) in [6.45, 7) is 3.19. The highest BCUT2D eigenvalue weighted by Crippen LogP contribution is 2.29. The molecule has 0 saturated carbocycles. The number of benzene rings is 2. The van der Waals surface area contributed by atoms with E-state index in [0.29, 0.717) is 18.0 Å². The van der Waals surface area contributed by atoms with Gasteiger partial charge in [-0.05, 0) is 30.7 Å². The molecule has 5 rings (SSSR count). The first-order valence-electron chi connectivity index (χ1n) is 10.1. The third-order valence-corrected chi connectivity index (χ3v) is 7.06. The van der Waals surface area contributed by atoms with Crippen molar-refractivity contribution in [1.82, 2.24) is 20.7 Å². The first-order chi connectivity index (χ1) is 13.8. The van der Waals surface area contributed by atoms with Crippen molar-refractivity contribution < 1.29 is 0 Å². The number of nitrogens with one attached hydrogen (secondary N) is 2. The zero-order chi connectivity index (χ0) is 18.8. The van der Waals surface area contributed by atoms with Crippen LogP contribution in [-0.4, -0.2) is 40.8 Å². The quantitative estimate of drug-likeness (QED) is 0.650. The third kappa shape index (κ3) is 3.94. The van der Waals surface area contributed by atoms with Gasteiger partial charge in [0.15, 0.2) is 0 Å². The number of aromatic nitrogens is 1. The van der Waals surface area contributed by atoms with Gasteiger partial charge in [0.1, 0.15) is 0 Å². The van der Waals surface area contributed by atoms with Crippen molar-refractivity contribution in [2.24, 2.45) is 5.92 Å². The molecule has 3 unspecified atom stereocenters. The van der Waals surface area contributed by atoms with Gasteiger partial charge in [0, 0.05) is 53.7 Å². The van der Waals surface area contributed by atoms with Crippen molar-refractivity contribution in [3.05, 3.63) is 72.4 Å². The summed E-state index contributed by atoms with van der Waals surface area (Å²) in [5.41, 5.74) is 9.38. The maximum absolute atomic E-state index is 4.87. The number of fused-ring (bicyclic) bond motifs is 2. The van der Waals surface area contributed by atoms with Crippen LogP contribution in [0.2, 0.25) is 0 Å². The fourth-order valence-electron chi connectivity index (χ4n) is 4.40. The monoisotopic (exact) mass is 390 g/mol. The molecule has 0 aliphatic carbocycles. The first kappa shape index (κ1) is 18.1. The lowest BCUT2D eigenvalue weighted by Crippen LogP contribution is -2.46. The Hall–Kier alpha value is -1.92. The lowest BCUT2D eigenvalue weighted by molar-refractivity contribution is 0.150. The molecule has 2 saturated heterocycles. The van der Waals surface area contributed by atoms with Crippen LogP contribution in [0.15, 0.2) is 71.6 Å². The van der Waals surface area contributed by atoms with Crippen LogP contribution >= 0.6 is 11.8 Å². The maximum Gasteiger partial charge on any atom is 0.0705 e. The van der Waals surface area contributed by atoms with Crippen LogP contribution in [0.1, 0.15) is 12.1 Å². The van der Waals surface area contributed by atoms with E-state index in [1.54, 1.807) is 0 Å². The molecule has 3 atom stereocenters. The highest BCUT2D eigenvalue weighted by Gasteiger charge is 2.39. The number of likely N-dealkylation sites (tertiary alicyclic amines) is 1. The molecule has 2 fully saturated rings. The molecule has 0 bridgehead atoms. The van der Waals surface area contributed by atoms with Crippen LogP contribution in [-0.2, 0) is 6.54 Å². The summed E-state index contributed by atoms with van der Waals surface area (Å²) in [4.78, 5) is 8.80. The molecule has 2 N–H and O–H groups in total. The Morgan fingerprint density at radius 1 is 0.964 bits per heavy atom. The Kier molecular flexibility index (Phi) is 5.32. The van der Waals surface area contributed by atoms with Crippen molar-refractivity contribution in [3.63, 3.8) is 0 Å². The molecule has 2 aliphatic rings. The first-order valence-corrected chi connectivity index (χ1v) is 11.1. The second kappa shape index (κ2) is 8.21. The molecule has 28 heavy (non-hydrogen) atoms. The minimum Gasteiger partial charge on any atom is -0.297 e. The predicted molar refractivity (Wildman–Crippen MR) is 116 cm³/mol. The molecule has 1 aromatic heterocycles. The molecule has 0 spiro atoms. The van der Waals surface area contributed by atoms with Crippen LogP contribution in [0.5, 0.6) is 0 Å². The minimum absolute atomic E-state index is 0.502. The van der Waals surface area contributed by atoms with E-state index in [2.05, 4.69) is 82.5 Å². The molecule has 5 heteroatoms.